The van der Waals surface area contributed by atoms with E-state index in [-0.39, 0.29) is 18.2 Å². The molecule has 6 rings (SSSR count). The summed E-state index contributed by atoms with van der Waals surface area (Å²) in [6, 6.07) is 10.7. The molecule has 1 saturated heterocycles. The van der Waals surface area contributed by atoms with E-state index in [1.165, 1.54) is 4.68 Å². The molecular weight excluding hydrogens is 480 g/mol. The fourth-order valence-corrected chi connectivity index (χ4v) is 5.56. The van der Waals surface area contributed by atoms with Crippen LogP contribution >= 0.6 is 0 Å². The first-order chi connectivity index (χ1) is 17.9. The maximum Gasteiger partial charge on any atom is 0.410 e. The summed E-state index contributed by atoms with van der Waals surface area (Å²) in [6.07, 6.45) is 6.40. The molecule has 4 aromatic rings. The number of benzene rings is 2. The van der Waals surface area contributed by atoms with Crippen molar-refractivity contribution in [2.24, 2.45) is 5.92 Å². The maximum absolute atomic E-state index is 13.6. The molecule has 37 heavy (non-hydrogen) atoms. The number of hydrogen-bond donors (Lipinski definition) is 0. The van der Waals surface area contributed by atoms with E-state index in [4.69, 9.17) is 4.74 Å². The Morgan fingerprint density at radius 1 is 1.19 bits per heavy atom. The van der Waals surface area contributed by atoms with Gasteiger partial charge in [-0.25, -0.2) is 23.2 Å². The molecule has 2 fully saturated rings. The number of halogens is 2. The highest BCUT2D eigenvalue weighted by atomic mass is 19.1. The zero-order chi connectivity index (χ0) is 25.6. The van der Waals surface area contributed by atoms with Crippen molar-refractivity contribution < 1.29 is 18.3 Å². The number of nitrogens with zero attached hydrogens (tertiary/aromatic N) is 7. The van der Waals surface area contributed by atoms with Gasteiger partial charge < -0.3 is 9.30 Å². The van der Waals surface area contributed by atoms with E-state index in [1.807, 2.05) is 12.1 Å². The number of aromatic nitrogens is 5. The van der Waals surface area contributed by atoms with E-state index >= 15 is 0 Å². The van der Waals surface area contributed by atoms with Crippen molar-refractivity contribution in [3.05, 3.63) is 71.8 Å². The molecule has 9 nitrogen and oxygen atoms in total. The quantitative estimate of drug-likeness (QED) is 0.401. The Morgan fingerprint density at radius 3 is 2.84 bits per heavy atom. The molecule has 1 spiro atoms. The second-order valence-corrected chi connectivity index (χ2v) is 9.86. The van der Waals surface area contributed by atoms with Crippen molar-refractivity contribution in [1.29, 1.82) is 5.26 Å². The third-order valence-corrected chi connectivity index (χ3v) is 7.16. The van der Waals surface area contributed by atoms with Crippen molar-refractivity contribution >= 4 is 17.1 Å². The van der Waals surface area contributed by atoms with Crippen LogP contribution in [-0.2, 0) is 17.8 Å². The number of amides is 1. The predicted molar refractivity (Wildman–Crippen MR) is 127 cm³/mol. The molecule has 11 heteroatoms. The van der Waals surface area contributed by atoms with Gasteiger partial charge in [0.15, 0.2) is 0 Å². The Labute approximate surface area is 210 Å². The van der Waals surface area contributed by atoms with E-state index in [9.17, 15) is 18.8 Å². The number of fused-ring (bicyclic) bond motifs is 1. The van der Waals surface area contributed by atoms with Crippen LogP contribution in [0.3, 0.4) is 0 Å². The highest BCUT2D eigenvalue weighted by Crippen LogP contribution is 2.41. The van der Waals surface area contributed by atoms with E-state index in [0.29, 0.717) is 17.8 Å². The average Bonchev–Trinajstić information content (AvgIpc) is 3.57. The highest BCUT2D eigenvalue weighted by Gasteiger charge is 2.48. The van der Waals surface area contributed by atoms with E-state index in [2.05, 4.69) is 25.9 Å². The number of ether oxygens (including phenoxy) is 1. The number of hydrogen-bond acceptors (Lipinski definition) is 6. The second kappa shape index (κ2) is 8.96. The van der Waals surface area contributed by atoms with Crippen LogP contribution in [0.5, 0.6) is 0 Å². The molecule has 1 aliphatic heterocycles. The van der Waals surface area contributed by atoms with Crippen molar-refractivity contribution in [1.82, 2.24) is 29.4 Å². The lowest BCUT2D eigenvalue weighted by atomic mass is 9.78. The third-order valence-electron chi connectivity index (χ3n) is 7.16. The van der Waals surface area contributed by atoms with E-state index in [1.54, 1.807) is 23.5 Å². The SMILES string of the molecule is N#Cc1ccc2ncn(C[C@H]3CCC[C@]4(C3)CN(Cc3cn(-c5cc(F)cc(F)c5)nn3)C(=O)O4)c2c1. The molecule has 2 aromatic heterocycles. The molecule has 1 saturated carbocycles. The van der Waals surface area contributed by atoms with Gasteiger partial charge >= 0.3 is 6.09 Å². The maximum atomic E-state index is 13.6. The van der Waals surface area contributed by atoms with Gasteiger partial charge in [-0.05, 0) is 61.9 Å². The van der Waals surface area contributed by atoms with Crippen molar-refractivity contribution in [3.63, 3.8) is 0 Å². The van der Waals surface area contributed by atoms with Crippen LogP contribution < -0.4 is 0 Å². The highest BCUT2D eigenvalue weighted by molar-refractivity contribution is 5.77. The molecule has 1 aliphatic carbocycles. The zero-order valence-electron chi connectivity index (χ0n) is 19.8. The molecule has 2 aromatic carbocycles. The van der Waals surface area contributed by atoms with Crippen molar-refractivity contribution in [2.75, 3.05) is 6.54 Å². The minimum Gasteiger partial charge on any atom is -0.441 e. The molecule has 0 bridgehead atoms. The minimum absolute atomic E-state index is 0.187. The molecule has 188 valence electrons. The lowest BCUT2D eigenvalue weighted by Gasteiger charge is -2.36. The second-order valence-electron chi connectivity index (χ2n) is 9.86. The number of rotatable bonds is 5. The lowest BCUT2D eigenvalue weighted by molar-refractivity contribution is 0.00415. The minimum atomic E-state index is -0.710. The fraction of sp³-hybridized carbons (Fsp3) is 0.346. The summed E-state index contributed by atoms with van der Waals surface area (Å²) in [4.78, 5) is 18.9. The molecule has 0 N–H and O–H groups in total. The summed E-state index contributed by atoms with van der Waals surface area (Å²) in [6.45, 7) is 1.35. The first-order valence-corrected chi connectivity index (χ1v) is 12.1. The molecule has 1 amide bonds. The summed E-state index contributed by atoms with van der Waals surface area (Å²) in [5, 5.41) is 17.3. The lowest BCUT2D eigenvalue weighted by Crippen LogP contribution is -2.40. The first kappa shape index (κ1) is 23.1. The van der Waals surface area contributed by atoms with Gasteiger partial charge in [-0.2, -0.15) is 5.26 Å². The topological polar surface area (TPSA) is 102 Å². The van der Waals surface area contributed by atoms with Crippen LogP contribution in [0.25, 0.3) is 16.7 Å². The van der Waals surface area contributed by atoms with Gasteiger partial charge in [-0.15, -0.1) is 5.10 Å². The van der Waals surface area contributed by atoms with Gasteiger partial charge in [0, 0.05) is 12.6 Å². The largest absolute Gasteiger partial charge is 0.441 e. The Balaban J connectivity index is 1.14. The summed E-state index contributed by atoms with van der Waals surface area (Å²) in [5.41, 5.74) is 2.48. The normalized spacial score (nSPS) is 21.5. The van der Waals surface area contributed by atoms with Crippen molar-refractivity contribution in [2.45, 2.75) is 44.4 Å². The van der Waals surface area contributed by atoms with Crippen LogP contribution in [0.2, 0.25) is 0 Å². The van der Waals surface area contributed by atoms with Crippen LogP contribution in [0, 0.1) is 28.9 Å². The van der Waals surface area contributed by atoms with Crippen molar-refractivity contribution in [3.8, 4) is 11.8 Å². The Hall–Kier alpha value is -4.33. The Kier molecular flexibility index (Phi) is 5.59. The molecule has 2 aliphatic rings. The molecule has 2 atom stereocenters. The van der Waals surface area contributed by atoms with E-state index < -0.39 is 23.3 Å². The number of imidazole rings is 1. The molecule has 0 unspecified atom stereocenters. The Bertz CT molecular complexity index is 1520. The van der Waals surface area contributed by atoms with Crippen LogP contribution in [0.1, 0.15) is 36.9 Å². The average molecular weight is 504 g/mol. The standard InChI is InChI=1S/C26H23F2N7O2/c27-19-7-20(28)9-22(8-19)35-14-21(31-32-35)13-33-15-26(37-25(33)36)5-1-2-18(10-26)12-34-16-30-23-4-3-17(11-29)6-24(23)34/h3-4,6-9,14,16,18H,1-2,5,10,12-13,15H2/t18-,26-/m0/s1. The number of nitriles is 1. The number of carbonyl (C=O) groups excluding carboxylic acids is 1. The smallest absolute Gasteiger partial charge is 0.410 e. The monoisotopic (exact) mass is 503 g/mol. The summed E-state index contributed by atoms with van der Waals surface area (Å²) in [5.74, 6) is -1.13. The van der Waals surface area contributed by atoms with Gasteiger partial charge in [-0.1, -0.05) is 5.21 Å². The molecule has 0 radical (unpaired) electrons. The summed E-state index contributed by atoms with van der Waals surface area (Å²) in [7, 11) is 0. The van der Waals surface area contributed by atoms with Gasteiger partial charge in [0.2, 0.25) is 0 Å². The first-order valence-electron chi connectivity index (χ1n) is 12.1. The molecule has 3 heterocycles. The Morgan fingerprint density at radius 2 is 2.03 bits per heavy atom. The van der Waals surface area contributed by atoms with Crippen LogP contribution in [-0.4, -0.2) is 47.7 Å². The van der Waals surface area contributed by atoms with Crippen LogP contribution in [0.4, 0.5) is 13.6 Å². The van der Waals surface area contributed by atoms with Crippen LogP contribution in [0.15, 0.2) is 48.9 Å². The fourth-order valence-electron chi connectivity index (χ4n) is 5.56. The van der Waals surface area contributed by atoms with Gasteiger partial charge in [0.05, 0.1) is 54.0 Å². The van der Waals surface area contributed by atoms with Gasteiger partial charge in [0.25, 0.3) is 0 Å². The molecular formula is C26H23F2N7O2. The summed E-state index contributed by atoms with van der Waals surface area (Å²) < 4.78 is 36.4. The third kappa shape index (κ3) is 4.50. The predicted octanol–water partition coefficient (Wildman–Crippen LogP) is 4.35. The zero-order valence-corrected chi connectivity index (χ0v) is 19.8. The van der Waals surface area contributed by atoms with E-state index in [0.717, 1.165) is 61.5 Å². The van der Waals surface area contributed by atoms with Gasteiger partial charge in [0.1, 0.15) is 22.9 Å². The number of carbonyl (C=O) groups is 1. The van der Waals surface area contributed by atoms with Gasteiger partial charge in [-0.3, -0.25) is 4.90 Å². The summed E-state index contributed by atoms with van der Waals surface area (Å²) >= 11 is 0.